The van der Waals surface area contributed by atoms with Crippen LogP contribution in [0.15, 0.2) is 82.7 Å². The van der Waals surface area contributed by atoms with E-state index >= 15 is 0 Å². The third-order valence-electron chi connectivity index (χ3n) is 6.07. The van der Waals surface area contributed by atoms with Gasteiger partial charge in [0.05, 0.1) is 10.6 Å². The zero-order valence-corrected chi connectivity index (χ0v) is 20.6. The van der Waals surface area contributed by atoms with Crippen molar-refractivity contribution in [3.8, 4) is 0 Å². The largest absolute Gasteiger partial charge is 0.340 e. The second-order valence-corrected chi connectivity index (χ2v) is 9.63. The van der Waals surface area contributed by atoms with E-state index < -0.39 is 0 Å². The van der Waals surface area contributed by atoms with Gasteiger partial charge in [-0.25, -0.2) is 4.99 Å². The molecule has 0 atom stereocenters. The summed E-state index contributed by atoms with van der Waals surface area (Å²) in [5.74, 6) is -0.128. The summed E-state index contributed by atoms with van der Waals surface area (Å²) < 4.78 is 2.25. The molecular formula is C28H24ClN3OS. The fourth-order valence-electron chi connectivity index (χ4n) is 4.18. The predicted molar refractivity (Wildman–Crippen MR) is 144 cm³/mol. The number of carbonyl (C=O) groups is 1. The Balaban J connectivity index is 1.50. The average Bonchev–Trinajstić information content (AvgIpc) is 3.32. The van der Waals surface area contributed by atoms with Crippen LogP contribution in [-0.2, 0) is 17.8 Å². The summed E-state index contributed by atoms with van der Waals surface area (Å²) in [6, 6.07) is 24.3. The minimum atomic E-state index is -0.128. The Morgan fingerprint density at radius 1 is 1.03 bits per heavy atom. The Bertz CT molecular complexity index is 1450. The molecule has 170 valence electrons. The van der Waals surface area contributed by atoms with E-state index in [4.69, 9.17) is 11.6 Å². The van der Waals surface area contributed by atoms with Crippen molar-refractivity contribution in [2.45, 2.75) is 26.8 Å². The fraction of sp³-hybridized carbons (Fsp3) is 0.143. The minimum absolute atomic E-state index is 0.128. The van der Waals surface area contributed by atoms with Gasteiger partial charge in [-0.15, -0.1) is 0 Å². The maximum absolute atomic E-state index is 12.8. The van der Waals surface area contributed by atoms with Crippen LogP contribution in [0.1, 0.15) is 29.3 Å². The number of fused-ring (bicyclic) bond motifs is 1. The highest BCUT2D eigenvalue weighted by Crippen LogP contribution is 2.34. The number of thioether (sulfide) groups is 1. The third-order valence-corrected chi connectivity index (χ3v) is 7.35. The number of hydrogen-bond acceptors (Lipinski definition) is 3. The summed E-state index contributed by atoms with van der Waals surface area (Å²) in [5, 5.41) is 5.35. The molecule has 6 heteroatoms. The second kappa shape index (κ2) is 9.53. The molecule has 1 amide bonds. The number of aryl methyl sites for hydroxylation is 1. The molecule has 0 spiro atoms. The van der Waals surface area contributed by atoms with Gasteiger partial charge in [0.15, 0.2) is 5.17 Å². The molecule has 1 saturated heterocycles. The summed E-state index contributed by atoms with van der Waals surface area (Å²) in [5.41, 5.74) is 6.38. The van der Waals surface area contributed by atoms with Crippen molar-refractivity contribution in [3.05, 3.63) is 105 Å². The molecule has 1 aromatic heterocycles. The van der Waals surface area contributed by atoms with Crippen molar-refractivity contribution >= 4 is 57.1 Å². The highest BCUT2D eigenvalue weighted by Gasteiger charge is 2.25. The Morgan fingerprint density at radius 2 is 1.76 bits per heavy atom. The van der Waals surface area contributed by atoms with E-state index in [0.29, 0.717) is 16.6 Å². The van der Waals surface area contributed by atoms with E-state index in [1.807, 2.05) is 54.6 Å². The number of rotatable bonds is 5. The van der Waals surface area contributed by atoms with Crippen LogP contribution in [0, 0.1) is 6.92 Å². The molecule has 0 bridgehead atoms. The van der Waals surface area contributed by atoms with Crippen molar-refractivity contribution in [2.75, 3.05) is 0 Å². The quantitative estimate of drug-likeness (QED) is 0.306. The molecule has 0 saturated carbocycles. The van der Waals surface area contributed by atoms with Crippen LogP contribution >= 0.6 is 23.4 Å². The van der Waals surface area contributed by atoms with Gasteiger partial charge in [-0.3, -0.25) is 4.79 Å². The first-order chi connectivity index (χ1) is 16.5. The number of hydrogen-bond donors (Lipinski definition) is 1. The first-order valence-electron chi connectivity index (χ1n) is 11.2. The molecule has 1 N–H and O–H groups in total. The zero-order chi connectivity index (χ0) is 23.7. The van der Waals surface area contributed by atoms with Gasteiger partial charge in [-0.05, 0) is 66.6 Å². The molecule has 0 aliphatic carbocycles. The molecule has 0 unspecified atom stereocenters. The Hall–Kier alpha value is -3.28. The molecule has 34 heavy (non-hydrogen) atoms. The van der Waals surface area contributed by atoms with Gasteiger partial charge < -0.3 is 9.88 Å². The third kappa shape index (κ3) is 4.41. The number of aliphatic imine (C=N–C) groups is 1. The number of benzene rings is 3. The Morgan fingerprint density at radius 3 is 2.53 bits per heavy atom. The summed E-state index contributed by atoms with van der Waals surface area (Å²) in [4.78, 5) is 18.0. The number of para-hydroxylation sites is 1. The lowest BCUT2D eigenvalue weighted by Gasteiger charge is -2.10. The van der Waals surface area contributed by atoms with E-state index in [1.165, 1.54) is 17.3 Å². The topological polar surface area (TPSA) is 46.4 Å². The van der Waals surface area contributed by atoms with Crippen molar-refractivity contribution in [1.29, 1.82) is 0 Å². The molecule has 1 fully saturated rings. The molecule has 2 heterocycles. The standard InChI is InChI=1S/C28H24ClN3OS/c1-3-19-12-14-21(15-13-19)30-28-31-27(33)26(34-28)16-23-18(2)32(25-11-7-5-9-22(23)25)17-20-8-4-6-10-24(20)29/h4-16H,3,17H2,1-2H3,(H,30,31,33)/b26-16-. The molecule has 3 aromatic carbocycles. The maximum atomic E-state index is 12.8. The first kappa shape index (κ1) is 22.5. The normalized spacial score (nSPS) is 16.0. The van der Waals surface area contributed by atoms with E-state index in [9.17, 15) is 4.79 Å². The van der Waals surface area contributed by atoms with Crippen LogP contribution in [0.3, 0.4) is 0 Å². The SMILES string of the molecule is CCc1ccc(N=C2NC(=O)/C(=C/c3c(C)n(Cc4ccccc4Cl)c4ccccc34)S2)cc1. The minimum Gasteiger partial charge on any atom is -0.340 e. The Kier molecular flexibility index (Phi) is 6.31. The van der Waals surface area contributed by atoms with Gasteiger partial charge in [0.2, 0.25) is 0 Å². The molecule has 1 aliphatic heterocycles. The van der Waals surface area contributed by atoms with E-state index in [-0.39, 0.29) is 5.91 Å². The zero-order valence-electron chi connectivity index (χ0n) is 19.0. The number of nitrogens with zero attached hydrogens (tertiary/aromatic N) is 2. The lowest BCUT2D eigenvalue weighted by Crippen LogP contribution is -2.19. The average molecular weight is 486 g/mol. The van der Waals surface area contributed by atoms with Gasteiger partial charge in [-0.2, -0.15) is 0 Å². The molecule has 5 rings (SSSR count). The van der Waals surface area contributed by atoms with E-state index in [1.54, 1.807) is 0 Å². The molecular weight excluding hydrogens is 462 g/mol. The Labute approximate surface area is 208 Å². The molecule has 0 radical (unpaired) electrons. The van der Waals surface area contributed by atoms with Gasteiger partial charge >= 0.3 is 0 Å². The summed E-state index contributed by atoms with van der Waals surface area (Å²) in [6.45, 7) is 4.87. The van der Waals surface area contributed by atoms with Gasteiger partial charge in [0.1, 0.15) is 0 Å². The van der Waals surface area contributed by atoms with Gasteiger partial charge in [0.25, 0.3) is 5.91 Å². The number of aromatic nitrogens is 1. The lowest BCUT2D eigenvalue weighted by atomic mass is 10.1. The fourth-order valence-corrected chi connectivity index (χ4v) is 5.19. The van der Waals surface area contributed by atoms with Crippen LogP contribution in [0.4, 0.5) is 5.69 Å². The smallest absolute Gasteiger partial charge is 0.264 e. The van der Waals surface area contributed by atoms with E-state index in [2.05, 4.69) is 53.0 Å². The van der Waals surface area contributed by atoms with Crippen molar-refractivity contribution in [3.63, 3.8) is 0 Å². The van der Waals surface area contributed by atoms with Crippen LogP contribution in [0.5, 0.6) is 0 Å². The number of carbonyl (C=O) groups excluding carboxylic acids is 1. The second-order valence-electron chi connectivity index (χ2n) is 8.20. The summed E-state index contributed by atoms with van der Waals surface area (Å²) in [7, 11) is 0. The number of halogens is 1. The lowest BCUT2D eigenvalue weighted by molar-refractivity contribution is -0.115. The van der Waals surface area contributed by atoms with Crippen LogP contribution in [0.25, 0.3) is 17.0 Å². The highest BCUT2D eigenvalue weighted by molar-refractivity contribution is 8.18. The van der Waals surface area contributed by atoms with Gasteiger partial charge in [0, 0.05) is 33.7 Å². The van der Waals surface area contributed by atoms with Crippen LogP contribution < -0.4 is 5.32 Å². The number of nitrogens with one attached hydrogen (secondary N) is 1. The maximum Gasteiger partial charge on any atom is 0.264 e. The summed E-state index contributed by atoms with van der Waals surface area (Å²) in [6.07, 6.45) is 2.96. The highest BCUT2D eigenvalue weighted by atomic mass is 35.5. The predicted octanol–water partition coefficient (Wildman–Crippen LogP) is 7.11. The molecule has 4 aromatic rings. The van der Waals surface area contributed by atoms with Gasteiger partial charge in [-0.1, -0.05) is 67.1 Å². The first-order valence-corrected chi connectivity index (χ1v) is 12.4. The van der Waals surface area contributed by atoms with Crippen LogP contribution in [0.2, 0.25) is 5.02 Å². The molecule has 1 aliphatic rings. The summed E-state index contributed by atoms with van der Waals surface area (Å²) >= 11 is 7.82. The number of amides is 1. The van der Waals surface area contributed by atoms with E-state index in [0.717, 1.165) is 44.9 Å². The van der Waals surface area contributed by atoms with Crippen LogP contribution in [-0.4, -0.2) is 15.6 Å². The molecule has 4 nitrogen and oxygen atoms in total. The monoisotopic (exact) mass is 485 g/mol. The van der Waals surface area contributed by atoms with Crippen molar-refractivity contribution in [1.82, 2.24) is 9.88 Å². The van der Waals surface area contributed by atoms with Crippen molar-refractivity contribution in [2.24, 2.45) is 4.99 Å². The van der Waals surface area contributed by atoms with Crippen molar-refractivity contribution < 1.29 is 4.79 Å². The number of amidine groups is 1.